The number of hydrogen-bond acceptors (Lipinski definition) is 6. The van der Waals surface area contributed by atoms with E-state index in [1.54, 1.807) is 26.4 Å². The second-order valence-electron chi connectivity index (χ2n) is 5.06. The first kappa shape index (κ1) is 17.6. The van der Waals surface area contributed by atoms with Gasteiger partial charge in [0.15, 0.2) is 11.5 Å². The molecule has 0 saturated heterocycles. The van der Waals surface area contributed by atoms with Gasteiger partial charge in [-0.1, -0.05) is 32.7 Å². The Bertz CT molecular complexity index is 885. The van der Waals surface area contributed by atoms with Crippen molar-refractivity contribution in [2.45, 2.75) is 6.54 Å². The van der Waals surface area contributed by atoms with E-state index in [1.165, 1.54) is 0 Å². The van der Waals surface area contributed by atoms with Gasteiger partial charge < -0.3 is 19.3 Å². The van der Waals surface area contributed by atoms with E-state index in [2.05, 4.69) is 31.4 Å². The van der Waals surface area contributed by atoms with E-state index in [9.17, 15) is 0 Å². The number of nitrogens with one attached hydrogen (secondary N) is 1. The Morgan fingerprint density at radius 1 is 1.12 bits per heavy atom. The van der Waals surface area contributed by atoms with Crippen molar-refractivity contribution in [2.24, 2.45) is 0 Å². The summed E-state index contributed by atoms with van der Waals surface area (Å²) in [6, 6.07) is 11.0. The molecule has 0 aliphatic carbocycles. The molecule has 3 aromatic rings. The zero-order valence-electron chi connectivity index (χ0n) is 13.5. The van der Waals surface area contributed by atoms with Crippen LogP contribution in [-0.2, 0) is 6.54 Å². The number of aromatic nitrogens is 2. The maximum Gasteiger partial charge on any atom is 0.246 e. The second-order valence-corrected chi connectivity index (χ2v) is 6.38. The lowest BCUT2D eigenvalue weighted by Crippen LogP contribution is -2.00. The van der Waals surface area contributed by atoms with Gasteiger partial charge in [-0.05, 0) is 36.4 Å². The minimum absolute atomic E-state index is 0.363. The third kappa shape index (κ3) is 4.05. The summed E-state index contributed by atoms with van der Waals surface area (Å²) >= 11 is 9.55. The van der Waals surface area contributed by atoms with Gasteiger partial charge in [0.1, 0.15) is 0 Å². The summed E-state index contributed by atoms with van der Waals surface area (Å²) in [5.41, 5.74) is 1.56. The minimum atomic E-state index is 0.363. The molecular weight excluding hydrogens is 410 g/mol. The van der Waals surface area contributed by atoms with Crippen LogP contribution < -0.4 is 14.8 Å². The number of hydrogen-bond donors (Lipinski definition) is 1. The smallest absolute Gasteiger partial charge is 0.246 e. The highest BCUT2D eigenvalue weighted by Crippen LogP contribution is 2.31. The summed E-state index contributed by atoms with van der Waals surface area (Å²) in [7, 11) is 3.16. The lowest BCUT2D eigenvalue weighted by atomic mass is 10.2. The molecule has 0 aliphatic rings. The van der Waals surface area contributed by atoms with Crippen LogP contribution in [0.3, 0.4) is 0 Å². The maximum atomic E-state index is 6.17. The molecule has 6 nitrogen and oxygen atoms in total. The van der Waals surface area contributed by atoms with Crippen LogP contribution in [0.15, 0.2) is 45.4 Å². The molecule has 0 aliphatic heterocycles. The van der Waals surface area contributed by atoms with Crippen molar-refractivity contribution in [1.29, 1.82) is 0 Å². The first-order valence-electron chi connectivity index (χ1n) is 7.34. The Labute approximate surface area is 158 Å². The Morgan fingerprint density at radius 3 is 2.64 bits per heavy atom. The lowest BCUT2D eigenvalue weighted by Gasteiger charge is -2.07. The van der Waals surface area contributed by atoms with Crippen LogP contribution in [0.4, 0.5) is 5.69 Å². The van der Waals surface area contributed by atoms with Crippen molar-refractivity contribution in [2.75, 3.05) is 19.5 Å². The number of nitrogens with zero attached hydrogens (tertiary/aromatic N) is 2. The molecule has 0 unspecified atom stereocenters. The van der Waals surface area contributed by atoms with E-state index in [1.807, 2.05) is 24.3 Å². The molecule has 8 heteroatoms. The summed E-state index contributed by atoms with van der Waals surface area (Å²) in [5.74, 6) is 2.16. The van der Waals surface area contributed by atoms with E-state index in [0.717, 1.165) is 15.7 Å². The predicted octanol–water partition coefficient (Wildman–Crippen LogP) is 4.78. The zero-order valence-corrected chi connectivity index (χ0v) is 15.9. The summed E-state index contributed by atoms with van der Waals surface area (Å²) in [4.78, 5) is 4.38. The van der Waals surface area contributed by atoms with Crippen molar-refractivity contribution >= 4 is 33.2 Å². The molecule has 2 aromatic carbocycles. The largest absolute Gasteiger partial charge is 0.493 e. The summed E-state index contributed by atoms with van der Waals surface area (Å²) in [6.45, 7) is 0.363. The monoisotopic (exact) mass is 423 g/mol. The normalized spacial score (nSPS) is 10.6. The van der Waals surface area contributed by atoms with Gasteiger partial charge in [-0.15, -0.1) is 0 Å². The van der Waals surface area contributed by atoms with Crippen LogP contribution >= 0.6 is 27.5 Å². The van der Waals surface area contributed by atoms with Crippen molar-refractivity contribution in [3.05, 3.63) is 51.8 Å². The third-order valence-electron chi connectivity index (χ3n) is 3.47. The highest BCUT2D eigenvalue weighted by Gasteiger charge is 2.12. The van der Waals surface area contributed by atoms with Gasteiger partial charge in [0, 0.05) is 10.0 Å². The number of benzene rings is 2. The number of rotatable bonds is 6. The molecule has 0 amide bonds. The zero-order chi connectivity index (χ0) is 17.8. The van der Waals surface area contributed by atoms with Gasteiger partial charge in [-0.25, -0.2) is 0 Å². The molecule has 1 aromatic heterocycles. The lowest BCUT2D eigenvalue weighted by molar-refractivity contribution is 0.355. The van der Waals surface area contributed by atoms with Gasteiger partial charge >= 0.3 is 0 Å². The van der Waals surface area contributed by atoms with E-state index >= 15 is 0 Å². The molecule has 0 radical (unpaired) electrons. The fourth-order valence-electron chi connectivity index (χ4n) is 2.22. The molecule has 0 bridgehead atoms. The van der Waals surface area contributed by atoms with Crippen LogP contribution in [0.25, 0.3) is 11.4 Å². The Morgan fingerprint density at radius 2 is 1.92 bits per heavy atom. The van der Waals surface area contributed by atoms with Gasteiger partial charge in [0.2, 0.25) is 11.7 Å². The van der Waals surface area contributed by atoms with Crippen molar-refractivity contribution in [1.82, 2.24) is 10.1 Å². The number of anilines is 1. The molecular formula is C17H15BrClN3O3. The van der Waals surface area contributed by atoms with Gasteiger partial charge in [-0.2, -0.15) is 4.98 Å². The van der Waals surface area contributed by atoms with Crippen LogP contribution in [0.2, 0.25) is 5.02 Å². The number of ether oxygens (including phenoxy) is 2. The van der Waals surface area contributed by atoms with Crippen molar-refractivity contribution in [3.8, 4) is 22.9 Å². The molecule has 0 fully saturated rings. The summed E-state index contributed by atoms with van der Waals surface area (Å²) in [6.07, 6.45) is 0. The highest BCUT2D eigenvalue weighted by molar-refractivity contribution is 9.10. The average Bonchev–Trinajstić information content (AvgIpc) is 3.09. The third-order valence-corrected chi connectivity index (χ3v) is 4.28. The molecule has 1 N–H and O–H groups in total. The van der Waals surface area contributed by atoms with Gasteiger partial charge in [0.05, 0.1) is 31.5 Å². The SMILES string of the molecule is COc1ccc(-c2noc(CNc3ccc(Br)cc3Cl)n2)cc1OC. The quantitative estimate of drug-likeness (QED) is 0.614. The fourth-order valence-corrected chi connectivity index (χ4v) is 2.96. The van der Waals surface area contributed by atoms with Crippen LogP contribution in [-0.4, -0.2) is 24.4 Å². The molecule has 0 spiro atoms. The minimum Gasteiger partial charge on any atom is -0.493 e. The van der Waals surface area contributed by atoms with Gasteiger partial charge in [0.25, 0.3) is 0 Å². The average molecular weight is 425 g/mol. The van der Waals surface area contributed by atoms with E-state index in [0.29, 0.717) is 34.8 Å². The van der Waals surface area contributed by atoms with E-state index in [-0.39, 0.29) is 0 Å². The standard InChI is InChI=1S/C17H15BrClN3O3/c1-23-14-6-3-10(7-15(14)24-2)17-21-16(25-22-17)9-20-13-5-4-11(18)8-12(13)19/h3-8,20H,9H2,1-2H3. The summed E-state index contributed by atoms with van der Waals surface area (Å²) < 4.78 is 16.7. The molecule has 1 heterocycles. The van der Waals surface area contributed by atoms with Crippen LogP contribution in [0.5, 0.6) is 11.5 Å². The summed E-state index contributed by atoms with van der Waals surface area (Å²) in [5, 5.41) is 7.78. The molecule has 3 rings (SSSR count). The predicted molar refractivity (Wildman–Crippen MR) is 99.3 cm³/mol. The van der Waals surface area contributed by atoms with Crippen LogP contribution in [0, 0.1) is 0 Å². The fraction of sp³-hybridized carbons (Fsp3) is 0.176. The number of halogens is 2. The first-order valence-corrected chi connectivity index (χ1v) is 8.51. The highest BCUT2D eigenvalue weighted by atomic mass is 79.9. The van der Waals surface area contributed by atoms with Crippen LogP contribution in [0.1, 0.15) is 5.89 Å². The van der Waals surface area contributed by atoms with E-state index in [4.69, 9.17) is 25.6 Å². The first-order chi connectivity index (χ1) is 12.1. The molecule has 25 heavy (non-hydrogen) atoms. The Kier molecular flexibility index (Phi) is 5.45. The molecule has 0 saturated carbocycles. The topological polar surface area (TPSA) is 69.4 Å². The number of methoxy groups -OCH3 is 2. The van der Waals surface area contributed by atoms with E-state index < -0.39 is 0 Å². The van der Waals surface area contributed by atoms with Crippen molar-refractivity contribution in [3.63, 3.8) is 0 Å². The van der Waals surface area contributed by atoms with Gasteiger partial charge in [-0.3, -0.25) is 0 Å². The Balaban J connectivity index is 1.74. The Hall–Kier alpha value is -2.25. The molecule has 0 atom stereocenters. The second kappa shape index (κ2) is 7.76. The maximum absolute atomic E-state index is 6.17. The molecule has 130 valence electrons. The van der Waals surface area contributed by atoms with Crippen molar-refractivity contribution < 1.29 is 14.0 Å².